The number of aliphatic carboxylic acids is 1. The Bertz CT molecular complexity index is 4320. The molecular weight excluding hydrogens is 1830 g/mol. The lowest BCUT2D eigenvalue weighted by molar-refractivity contribution is -0.160. The van der Waals surface area contributed by atoms with Gasteiger partial charge in [0, 0.05) is 48.3 Å². The van der Waals surface area contributed by atoms with Crippen molar-refractivity contribution in [1.29, 1.82) is 0 Å². The fraction of sp³-hybridized carbons (Fsp3) is 0.702. The standard InChI is InChI=1S/C25H33NO3.2C22H35NO3.C19H37NO3.C16H31NO3.C15H29NO3.2CH4/c1-18(2)21(16-19-12-8-6-9-13-19)23(27)26-22(24(28)29-25(3,4)5)17-20-14-10-7-11-15-20;1-15(2)13-19(21(25)26-22(5,6)7)23-20(24)18(16(3)4)14-17-11-9-8-10-12-17;1-15(2)13-18(16(3)4)20(24)23-19(21(25)26-22(5,6)7)14-17-11-9-8-10-12-17;1-12(2)10-15(14(5)6)17(21)20-16(11-13(3)4)18(22)23-19(7,8)9;1-10(2)9-13(11(3)4)14(18)17-12(5)15(19)20-16(6,7)8;1-9(2)7-12(11(5)6)14(17)16-13(15(18)19)8-10(3)4;;/h6-15,18,21-22H,16-17H2,1-5H3,(H,26,27);2*8-12,15-16,18-19H,13-14H2,1-7H3,(H,23,24);12-16H,10-11H2,1-9H3,(H,20,21);10-13H,9H2,1-8H3,(H,17,18);9-13H,7-8H2,1-6H3,(H,16,17)(H,18,19);2*1H4/t21?,22-;2*18?,19-;15?,16-;12-,13?;12?,13-;;/m000000../s1. The number of carbonyl (C=O) groups is 12. The minimum atomic E-state index is -0.950. The van der Waals surface area contributed by atoms with Crippen molar-refractivity contribution in [1.82, 2.24) is 31.9 Å². The van der Waals surface area contributed by atoms with Crippen molar-refractivity contribution in [3.63, 3.8) is 0 Å². The molecule has 0 radical (unpaired) electrons. The van der Waals surface area contributed by atoms with Crippen LogP contribution >= 0.6 is 0 Å². The maximum Gasteiger partial charge on any atom is 0.329 e. The van der Waals surface area contributed by atoms with E-state index in [1.165, 1.54) is 0 Å². The van der Waals surface area contributed by atoms with Crippen LogP contribution in [0.5, 0.6) is 0 Å². The Balaban J connectivity index is -0.000000825. The Morgan fingerprint density at radius 1 is 0.221 bits per heavy atom. The molecule has 145 heavy (non-hydrogen) atoms. The average molecular weight is 2040 g/mol. The van der Waals surface area contributed by atoms with Crippen LogP contribution in [0.15, 0.2) is 121 Å². The van der Waals surface area contributed by atoms with Crippen LogP contribution < -0.4 is 31.9 Å². The number of carboxylic acid groups (broad SMARTS) is 1. The quantitative estimate of drug-likeness (QED) is 0.0160. The maximum absolute atomic E-state index is 13.1. The zero-order chi connectivity index (χ0) is 111. The number of ether oxygens (including phenoxy) is 5. The van der Waals surface area contributed by atoms with Gasteiger partial charge in [-0.05, 0) is 268 Å². The molecule has 0 bridgehead atoms. The number of carboxylic acids is 1. The second kappa shape index (κ2) is 69.7. The van der Waals surface area contributed by atoms with E-state index in [-0.39, 0.29) is 151 Å². The molecule has 24 heteroatoms. The first-order valence-corrected chi connectivity index (χ1v) is 52.9. The first kappa shape index (κ1) is 142. The van der Waals surface area contributed by atoms with Crippen molar-refractivity contribution in [3.05, 3.63) is 144 Å². The Kier molecular flexibility index (Phi) is 68.1. The number of hydrogen-bond acceptors (Lipinski definition) is 17. The summed E-state index contributed by atoms with van der Waals surface area (Å²) in [6.45, 7) is 82.4. The molecular formula is C121H208N6O18. The summed E-state index contributed by atoms with van der Waals surface area (Å²) in [4.78, 5) is 150. The zero-order valence-corrected chi connectivity index (χ0v) is 96.6. The van der Waals surface area contributed by atoms with Crippen molar-refractivity contribution in [2.24, 2.45) is 112 Å². The van der Waals surface area contributed by atoms with Gasteiger partial charge in [-0.15, -0.1) is 0 Å². The highest BCUT2D eigenvalue weighted by Crippen LogP contribution is 2.29. The van der Waals surface area contributed by atoms with Gasteiger partial charge in [-0.2, -0.15) is 0 Å². The van der Waals surface area contributed by atoms with Crippen LogP contribution in [0.25, 0.3) is 0 Å². The Hall–Kier alpha value is -9.48. The Labute approximate surface area is 881 Å². The third-order valence-electron chi connectivity index (χ3n) is 22.8. The molecule has 0 spiro atoms. The molecule has 4 rings (SSSR count). The van der Waals surface area contributed by atoms with Gasteiger partial charge in [0.25, 0.3) is 0 Å². The molecule has 12 atom stereocenters. The molecule has 0 aliphatic carbocycles. The third-order valence-corrected chi connectivity index (χ3v) is 22.8. The van der Waals surface area contributed by atoms with E-state index < -0.39 is 82.2 Å². The average Bonchev–Trinajstić information content (AvgIpc) is 0.854. The SMILES string of the molecule is C.C.CC(C)C(Cc1ccccc1)C(=O)N[C@@H](Cc1ccccc1)C(=O)OC(C)(C)C.CC(C)CC(C(=O)N[C@@H](C)C(=O)OC(C)(C)C)C(C)C.CC(C)CC(C(=O)N[C@@H](CC(C)C)C(=O)O)C(C)C.CC(C)CC(C(=O)N[C@@H](CC(C)C)C(=O)OC(C)(C)C)C(C)C.CC(C)CC(C(=O)N[C@@H](Cc1ccccc1)C(=O)OC(C)(C)C)C(C)C.CC(C)C[C@H](NC(=O)C(Cc1ccccc1)C(C)C)C(=O)OC(C)(C)C. The van der Waals surface area contributed by atoms with E-state index >= 15 is 0 Å². The molecule has 0 saturated heterocycles. The third kappa shape index (κ3) is 67.2. The molecule has 0 aliphatic rings. The maximum atomic E-state index is 13.1. The van der Waals surface area contributed by atoms with Crippen molar-refractivity contribution in [2.75, 3.05) is 0 Å². The minimum absolute atomic E-state index is 0. The van der Waals surface area contributed by atoms with Gasteiger partial charge in [0.1, 0.15) is 64.3 Å². The molecule has 0 heterocycles. The van der Waals surface area contributed by atoms with E-state index in [0.717, 1.165) is 47.9 Å². The summed E-state index contributed by atoms with van der Waals surface area (Å²) in [6.07, 6.45) is 6.98. The molecule has 0 saturated carbocycles. The highest BCUT2D eigenvalue weighted by Gasteiger charge is 2.38. The van der Waals surface area contributed by atoms with Crippen molar-refractivity contribution in [2.45, 2.75) is 441 Å². The molecule has 6 unspecified atom stereocenters. The van der Waals surface area contributed by atoms with Crippen molar-refractivity contribution >= 4 is 71.3 Å². The summed E-state index contributed by atoms with van der Waals surface area (Å²) in [5.41, 5.74) is 1.35. The van der Waals surface area contributed by atoms with Gasteiger partial charge < -0.3 is 60.7 Å². The fourth-order valence-electron chi connectivity index (χ4n) is 15.6. The van der Waals surface area contributed by atoms with Gasteiger partial charge in [0.15, 0.2) is 0 Å². The Morgan fingerprint density at radius 2 is 0.386 bits per heavy atom. The first-order chi connectivity index (χ1) is 65.5. The van der Waals surface area contributed by atoms with Crippen LogP contribution in [-0.4, -0.2) is 141 Å². The summed E-state index contributed by atoms with van der Waals surface area (Å²) in [7, 11) is 0. The number of carbonyl (C=O) groups excluding carboxylic acids is 11. The van der Waals surface area contributed by atoms with Crippen molar-refractivity contribution in [3.8, 4) is 0 Å². The minimum Gasteiger partial charge on any atom is -0.480 e. The molecule has 7 N–H and O–H groups in total. The topological polar surface area (TPSA) is 343 Å². The van der Waals surface area contributed by atoms with Gasteiger partial charge in [-0.3, -0.25) is 28.8 Å². The lowest BCUT2D eigenvalue weighted by Crippen LogP contribution is -2.48. The number of nitrogens with one attached hydrogen (secondary N) is 6. The number of hydrogen-bond donors (Lipinski definition) is 7. The van der Waals surface area contributed by atoms with E-state index in [1.54, 1.807) is 6.92 Å². The molecule has 24 nitrogen and oxygen atoms in total. The van der Waals surface area contributed by atoms with Crippen LogP contribution in [0.2, 0.25) is 0 Å². The summed E-state index contributed by atoms with van der Waals surface area (Å²) in [5, 5.41) is 26.5. The van der Waals surface area contributed by atoms with Gasteiger partial charge in [-0.1, -0.05) is 316 Å². The lowest BCUT2D eigenvalue weighted by Gasteiger charge is -2.28. The zero-order valence-electron chi connectivity index (χ0n) is 96.6. The van der Waals surface area contributed by atoms with Crippen LogP contribution in [0.1, 0.15) is 373 Å². The summed E-state index contributed by atoms with van der Waals surface area (Å²) in [6, 6.07) is 35.4. The number of esters is 5. The number of amides is 6. The highest BCUT2D eigenvalue weighted by atomic mass is 16.6. The van der Waals surface area contributed by atoms with Gasteiger partial charge in [0.05, 0.1) is 0 Å². The normalized spacial score (nSPS) is 14.2. The summed E-state index contributed by atoms with van der Waals surface area (Å²) in [5.74, 6) is -0.312. The number of rotatable bonds is 46. The van der Waals surface area contributed by atoms with E-state index in [4.69, 9.17) is 28.8 Å². The molecule has 6 amide bonds. The lowest BCUT2D eigenvalue weighted by atomic mass is 9.86. The fourth-order valence-corrected chi connectivity index (χ4v) is 15.6. The number of benzene rings is 4. The largest absolute Gasteiger partial charge is 0.480 e. The van der Waals surface area contributed by atoms with E-state index in [9.17, 15) is 57.5 Å². The van der Waals surface area contributed by atoms with Crippen LogP contribution in [0.3, 0.4) is 0 Å². The molecule has 4 aromatic rings. The van der Waals surface area contributed by atoms with Gasteiger partial charge in [0.2, 0.25) is 35.4 Å². The Morgan fingerprint density at radius 3 is 0.579 bits per heavy atom. The van der Waals surface area contributed by atoms with E-state index in [0.29, 0.717) is 74.5 Å². The van der Waals surface area contributed by atoms with Gasteiger partial charge in [-0.25, -0.2) is 28.8 Å². The van der Waals surface area contributed by atoms with Gasteiger partial charge >= 0.3 is 35.8 Å². The molecule has 830 valence electrons. The van der Waals surface area contributed by atoms with Crippen LogP contribution in [0.4, 0.5) is 0 Å². The second-order valence-corrected chi connectivity index (χ2v) is 48.8. The molecule has 0 aliphatic heterocycles. The monoisotopic (exact) mass is 2030 g/mol. The molecule has 0 fully saturated rings. The highest BCUT2D eigenvalue weighted by molar-refractivity contribution is 5.90. The summed E-state index contributed by atoms with van der Waals surface area (Å²) >= 11 is 0. The molecule has 0 aromatic heterocycles. The van der Waals surface area contributed by atoms with Crippen molar-refractivity contribution < 1.29 is 86.3 Å². The van der Waals surface area contributed by atoms with E-state index in [1.807, 2.05) is 336 Å². The first-order valence-electron chi connectivity index (χ1n) is 52.9. The van der Waals surface area contributed by atoms with Crippen LogP contribution in [-0.2, 0) is 107 Å². The summed E-state index contributed by atoms with van der Waals surface area (Å²) < 4.78 is 27.4. The second-order valence-electron chi connectivity index (χ2n) is 48.8. The van der Waals surface area contributed by atoms with E-state index in [2.05, 4.69) is 101 Å². The predicted octanol–water partition coefficient (Wildman–Crippen LogP) is 24.8. The smallest absolute Gasteiger partial charge is 0.329 e. The molecule has 4 aromatic carbocycles. The van der Waals surface area contributed by atoms with Crippen LogP contribution in [0, 0.1) is 112 Å². The predicted molar refractivity (Wildman–Crippen MR) is 594 cm³/mol.